The van der Waals surface area contributed by atoms with Gasteiger partial charge in [-0.05, 0) is 39.1 Å². The maximum atomic E-state index is 12.4. The van der Waals surface area contributed by atoms with Crippen molar-refractivity contribution in [3.05, 3.63) is 10.4 Å². The zero-order valence-corrected chi connectivity index (χ0v) is 14.6. The molecule has 24 heavy (non-hydrogen) atoms. The summed E-state index contributed by atoms with van der Waals surface area (Å²) in [5.74, 6) is 2.31. The Kier molecular flexibility index (Phi) is 7.40. The summed E-state index contributed by atoms with van der Waals surface area (Å²) in [6, 6.07) is -0.0672. The zero-order chi connectivity index (χ0) is 18.2. The summed E-state index contributed by atoms with van der Waals surface area (Å²) in [6.45, 7) is 6.54. The molecular formula is C16H25N5O3. The van der Waals surface area contributed by atoms with E-state index in [0.29, 0.717) is 32.4 Å². The Morgan fingerprint density at radius 3 is 2.54 bits per heavy atom. The van der Waals surface area contributed by atoms with Crippen LogP contribution in [0.4, 0.5) is 4.79 Å². The van der Waals surface area contributed by atoms with Crippen molar-refractivity contribution in [2.45, 2.75) is 51.7 Å². The lowest BCUT2D eigenvalue weighted by molar-refractivity contribution is -0.133. The monoisotopic (exact) mass is 335 g/mol. The van der Waals surface area contributed by atoms with Crippen molar-refractivity contribution in [3.63, 3.8) is 0 Å². The van der Waals surface area contributed by atoms with Crippen LogP contribution in [0.5, 0.6) is 0 Å². The molecular weight excluding hydrogens is 310 g/mol. The minimum atomic E-state index is -0.637. The molecule has 0 radical (unpaired) electrons. The van der Waals surface area contributed by atoms with E-state index in [9.17, 15) is 9.59 Å². The van der Waals surface area contributed by atoms with Gasteiger partial charge in [-0.3, -0.25) is 9.69 Å². The van der Waals surface area contributed by atoms with Gasteiger partial charge in [0.25, 0.3) is 0 Å². The molecule has 0 aromatic carbocycles. The van der Waals surface area contributed by atoms with Gasteiger partial charge in [0, 0.05) is 37.0 Å². The van der Waals surface area contributed by atoms with Gasteiger partial charge in [0.15, 0.2) is 0 Å². The van der Waals surface area contributed by atoms with Crippen molar-refractivity contribution in [3.8, 4) is 12.3 Å². The Morgan fingerprint density at radius 2 is 2.04 bits per heavy atom. The molecule has 1 saturated heterocycles. The van der Waals surface area contributed by atoms with Crippen LogP contribution in [0.15, 0.2) is 5.11 Å². The van der Waals surface area contributed by atoms with Gasteiger partial charge in [0.1, 0.15) is 12.1 Å². The van der Waals surface area contributed by atoms with Gasteiger partial charge in [-0.25, -0.2) is 4.79 Å². The third-order valence-electron chi connectivity index (χ3n) is 3.54. The van der Waals surface area contributed by atoms with Gasteiger partial charge in [-0.1, -0.05) is 5.11 Å². The molecule has 0 aromatic heterocycles. The van der Waals surface area contributed by atoms with E-state index < -0.39 is 11.7 Å². The van der Waals surface area contributed by atoms with E-state index in [1.165, 1.54) is 4.90 Å². The van der Waals surface area contributed by atoms with Gasteiger partial charge in [0.05, 0.1) is 0 Å². The summed E-state index contributed by atoms with van der Waals surface area (Å²) in [7, 11) is 0. The lowest BCUT2D eigenvalue weighted by atomic mass is 10.1. The van der Waals surface area contributed by atoms with Gasteiger partial charge in [-0.15, -0.1) is 12.3 Å². The van der Waals surface area contributed by atoms with Gasteiger partial charge >= 0.3 is 6.09 Å². The van der Waals surface area contributed by atoms with Crippen molar-refractivity contribution >= 4 is 12.0 Å². The number of hydrogen-bond acceptors (Lipinski definition) is 4. The van der Waals surface area contributed by atoms with Gasteiger partial charge < -0.3 is 9.64 Å². The van der Waals surface area contributed by atoms with E-state index in [1.807, 2.05) is 0 Å². The smallest absolute Gasteiger partial charge is 0.410 e. The third kappa shape index (κ3) is 6.80. The van der Waals surface area contributed by atoms with Crippen molar-refractivity contribution in [2.24, 2.45) is 5.11 Å². The molecule has 0 saturated carbocycles. The molecule has 0 atom stereocenters. The Balaban J connectivity index is 2.62. The first kappa shape index (κ1) is 19.7. The number of terminal acetylenes is 1. The zero-order valence-electron chi connectivity index (χ0n) is 14.6. The van der Waals surface area contributed by atoms with E-state index in [1.54, 1.807) is 25.7 Å². The van der Waals surface area contributed by atoms with Crippen molar-refractivity contribution in [2.75, 3.05) is 26.2 Å². The Bertz CT molecular complexity index is 535. The van der Waals surface area contributed by atoms with E-state index in [-0.39, 0.29) is 25.0 Å². The summed E-state index contributed by atoms with van der Waals surface area (Å²) in [6.07, 6.45) is 6.33. The Labute approximate surface area is 142 Å². The minimum Gasteiger partial charge on any atom is -0.444 e. The standard InChI is InChI=1S/C16H25N5O3/c1-5-6-9-21(15(23)24-16(2,3)4)12-14(22)20-10-7-13(8-11-20)18-19-17/h1,13H,6-12H2,2-4H3. The fourth-order valence-electron chi connectivity index (χ4n) is 2.33. The average Bonchev–Trinajstić information content (AvgIpc) is 2.50. The van der Waals surface area contributed by atoms with Crippen LogP contribution in [0, 0.1) is 12.3 Å². The van der Waals surface area contributed by atoms with Crippen molar-refractivity contribution in [1.29, 1.82) is 0 Å². The van der Waals surface area contributed by atoms with Crippen LogP contribution in [-0.2, 0) is 9.53 Å². The van der Waals surface area contributed by atoms with E-state index >= 15 is 0 Å². The van der Waals surface area contributed by atoms with Crippen LogP contribution < -0.4 is 0 Å². The maximum absolute atomic E-state index is 12.4. The predicted octanol–water partition coefficient (Wildman–Crippen LogP) is 2.55. The topological polar surface area (TPSA) is 98.6 Å². The molecule has 1 heterocycles. The molecule has 0 aliphatic carbocycles. The number of azide groups is 1. The SMILES string of the molecule is C#CCCN(CC(=O)N1CCC(N=[N+]=[N-])CC1)C(=O)OC(C)(C)C. The van der Waals surface area contributed by atoms with Crippen LogP contribution in [0.1, 0.15) is 40.0 Å². The van der Waals surface area contributed by atoms with Crippen LogP contribution in [0.3, 0.4) is 0 Å². The number of ether oxygens (including phenoxy) is 1. The molecule has 1 fully saturated rings. The first-order valence-corrected chi connectivity index (χ1v) is 8.00. The van der Waals surface area contributed by atoms with E-state index in [4.69, 9.17) is 16.7 Å². The van der Waals surface area contributed by atoms with Crippen LogP contribution in [-0.4, -0.2) is 59.6 Å². The number of likely N-dealkylation sites (tertiary alicyclic amines) is 1. The van der Waals surface area contributed by atoms with Crippen LogP contribution in [0.2, 0.25) is 0 Å². The second kappa shape index (κ2) is 9.04. The first-order chi connectivity index (χ1) is 11.3. The van der Waals surface area contributed by atoms with Crippen molar-refractivity contribution in [1.82, 2.24) is 9.80 Å². The highest BCUT2D eigenvalue weighted by Gasteiger charge is 2.27. The highest BCUT2D eigenvalue weighted by Crippen LogP contribution is 2.15. The minimum absolute atomic E-state index is 0.0667. The summed E-state index contributed by atoms with van der Waals surface area (Å²) in [4.78, 5) is 30.5. The highest BCUT2D eigenvalue weighted by molar-refractivity contribution is 5.82. The summed E-state index contributed by atoms with van der Waals surface area (Å²) >= 11 is 0. The summed E-state index contributed by atoms with van der Waals surface area (Å²) < 4.78 is 5.33. The normalized spacial score (nSPS) is 15.2. The summed E-state index contributed by atoms with van der Waals surface area (Å²) in [5, 5.41) is 3.68. The Hall–Kier alpha value is -2.39. The van der Waals surface area contributed by atoms with Gasteiger partial charge in [0.2, 0.25) is 5.91 Å². The predicted molar refractivity (Wildman–Crippen MR) is 90.0 cm³/mol. The Morgan fingerprint density at radius 1 is 1.42 bits per heavy atom. The maximum Gasteiger partial charge on any atom is 0.410 e. The molecule has 1 aliphatic rings. The number of piperidine rings is 1. The fraction of sp³-hybridized carbons (Fsp3) is 0.750. The number of carbonyl (C=O) groups excluding carboxylic acids is 2. The number of rotatable bonds is 5. The highest BCUT2D eigenvalue weighted by atomic mass is 16.6. The van der Waals surface area contributed by atoms with Crippen LogP contribution >= 0.6 is 0 Å². The molecule has 0 spiro atoms. The molecule has 0 unspecified atom stereocenters. The van der Waals surface area contributed by atoms with Crippen molar-refractivity contribution < 1.29 is 14.3 Å². The molecule has 0 bridgehead atoms. The largest absolute Gasteiger partial charge is 0.444 e. The average molecular weight is 335 g/mol. The molecule has 8 nitrogen and oxygen atoms in total. The lowest BCUT2D eigenvalue weighted by Gasteiger charge is -2.32. The molecule has 1 rings (SSSR count). The fourth-order valence-corrected chi connectivity index (χ4v) is 2.33. The number of hydrogen-bond donors (Lipinski definition) is 0. The molecule has 0 aromatic rings. The molecule has 0 N–H and O–H groups in total. The van der Waals surface area contributed by atoms with E-state index in [2.05, 4.69) is 15.9 Å². The molecule has 1 aliphatic heterocycles. The lowest BCUT2D eigenvalue weighted by Crippen LogP contribution is -2.47. The van der Waals surface area contributed by atoms with Crippen LogP contribution in [0.25, 0.3) is 10.4 Å². The van der Waals surface area contributed by atoms with E-state index in [0.717, 1.165) is 0 Å². The molecule has 2 amide bonds. The second-order valence-electron chi connectivity index (χ2n) is 6.67. The number of carbonyl (C=O) groups is 2. The summed E-state index contributed by atoms with van der Waals surface area (Å²) in [5.41, 5.74) is 7.82. The quantitative estimate of drug-likeness (QED) is 0.334. The second-order valence-corrected chi connectivity index (χ2v) is 6.67. The molecule has 132 valence electrons. The number of nitrogens with zero attached hydrogens (tertiary/aromatic N) is 5. The number of amides is 2. The van der Waals surface area contributed by atoms with Gasteiger partial charge in [-0.2, -0.15) is 0 Å². The third-order valence-corrected chi connectivity index (χ3v) is 3.54. The molecule has 8 heteroatoms. The first-order valence-electron chi connectivity index (χ1n) is 8.00.